The lowest BCUT2D eigenvalue weighted by molar-refractivity contribution is 0.238. The molecular weight excluding hydrogens is 296 g/mol. The Hall–Kier alpha value is -1.86. The molecule has 110 valence electrons. The number of benzene rings is 1. The molecule has 2 heterocycles. The fourth-order valence-corrected chi connectivity index (χ4v) is 2.77. The SMILES string of the molecule is O=c1[nH]c(=S)[nH]c2c1CN(Cc1cc(F)ccc1F)CC2. The van der Waals surface area contributed by atoms with Crippen LogP contribution in [0, 0.1) is 16.4 Å². The molecule has 0 radical (unpaired) electrons. The van der Waals surface area contributed by atoms with Crippen LogP contribution >= 0.6 is 12.2 Å². The third-order valence-electron chi connectivity index (χ3n) is 3.59. The van der Waals surface area contributed by atoms with Gasteiger partial charge in [-0.3, -0.25) is 14.7 Å². The summed E-state index contributed by atoms with van der Waals surface area (Å²) in [7, 11) is 0. The van der Waals surface area contributed by atoms with Crippen LogP contribution in [-0.4, -0.2) is 21.4 Å². The number of hydrogen-bond donors (Lipinski definition) is 2. The summed E-state index contributed by atoms with van der Waals surface area (Å²) < 4.78 is 27.2. The summed E-state index contributed by atoms with van der Waals surface area (Å²) in [6.45, 7) is 1.29. The minimum atomic E-state index is -0.467. The Morgan fingerprint density at radius 3 is 2.90 bits per heavy atom. The highest BCUT2D eigenvalue weighted by Crippen LogP contribution is 2.18. The number of nitrogens with zero attached hydrogens (tertiary/aromatic N) is 1. The first kappa shape index (κ1) is 14.1. The van der Waals surface area contributed by atoms with Gasteiger partial charge >= 0.3 is 0 Å². The first-order valence-corrected chi connectivity index (χ1v) is 6.94. The molecule has 2 aromatic rings. The fourth-order valence-electron chi connectivity index (χ4n) is 2.55. The van der Waals surface area contributed by atoms with Gasteiger partial charge in [0.05, 0.1) is 5.56 Å². The standard InChI is InChI=1S/C14H13F2N3OS/c15-9-1-2-11(16)8(5-9)6-19-4-3-12-10(7-19)13(20)18-14(21)17-12/h1-2,5H,3-4,6-7H2,(H2,17,18,20,21). The summed E-state index contributed by atoms with van der Waals surface area (Å²) in [5, 5.41) is 0. The Morgan fingerprint density at radius 1 is 1.29 bits per heavy atom. The largest absolute Gasteiger partial charge is 0.335 e. The second-order valence-corrected chi connectivity index (χ2v) is 5.47. The van der Waals surface area contributed by atoms with Crippen molar-refractivity contribution in [2.45, 2.75) is 19.5 Å². The summed E-state index contributed by atoms with van der Waals surface area (Å²) >= 11 is 4.93. The van der Waals surface area contributed by atoms with E-state index in [4.69, 9.17) is 12.2 Å². The molecule has 4 nitrogen and oxygen atoms in total. The summed E-state index contributed by atoms with van der Waals surface area (Å²) in [5.41, 5.74) is 1.49. The fraction of sp³-hybridized carbons (Fsp3) is 0.286. The van der Waals surface area contributed by atoms with Crippen molar-refractivity contribution in [1.29, 1.82) is 0 Å². The number of halogens is 2. The van der Waals surface area contributed by atoms with E-state index in [0.717, 1.165) is 17.8 Å². The second-order valence-electron chi connectivity index (χ2n) is 5.06. The van der Waals surface area contributed by atoms with Crippen LogP contribution in [0.25, 0.3) is 0 Å². The minimum Gasteiger partial charge on any atom is -0.335 e. The van der Waals surface area contributed by atoms with Crippen molar-refractivity contribution in [3.63, 3.8) is 0 Å². The maximum absolute atomic E-state index is 13.7. The Balaban J connectivity index is 1.85. The van der Waals surface area contributed by atoms with E-state index in [1.165, 1.54) is 6.07 Å². The molecule has 1 aromatic heterocycles. The van der Waals surface area contributed by atoms with Crippen LogP contribution in [-0.2, 0) is 19.5 Å². The molecule has 0 unspecified atom stereocenters. The summed E-state index contributed by atoms with van der Waals surface area (Å²) in [4.78, 5) is 19.3. The molecule has 1 aliphatic heterocycles. The van der Waals surface area contributed by atoms with Crippen LogP contribution in [0.15, 0.2) is 23.0 Å². The van der Waals surface area contributed by atoms with Crippen molar-refractivity contribution in [3.05, 3.63) is 61.8 Å². The zero-order valence-electron chi connectivity index (χ0n) is 11.1. The van der Waals surface area contributed by atoms with Crippen LogP contribution in [0.4, 0.5) is 8.78 Å². The summed E-state index contributed by atoms with van der Waals surface area (Å²) in [6.07, 6.45) is 0.625. The smallest absolute Gasteiger partial charge is 0.256 e. The molecule has 7 heteroatoms. The maximum atomic E-state index is 13.7. The molecule has 0 fully saturated rings. The van der Waals surface area contributed by atoms with E-state index in [0.29, 0.717) is 35.4 Å². The lowest BCUT2D eigenvalue weighted by Gasteiger charge is -2.27. The highest BCUT2D eigenvalue weighted by molar-refractivity contribution is 7.71. The maximum Gasteiger partial charge on any atom is 0.256 e. The van der Waals surface area contributed by atoms with E-state index in [2.05, 4.69) is 9.97 Å². The van der Waals surface area contributed by atoms with Gasteiger partial charge in [-0.15, -0.1) is 0 Å². The van der Waals surface area contributed by atoms with Gasteiger partial charge in [-0.25, -0.2) is 8.78 Å². The zero-order chi connectivity index (χ0) is 15.0. The molecule has 0 spiro atoms. The number of fused-ring (bicyclic) bond motifs is 1. The molecule has 0 amide bonds. The third kappa shape index (κ3) is 2.93. The molecule has 1 aromatic carbocycles. The van der Waals surface area contributed by atoms with E-state index < -0.39 is 11.6 Å². The van der Waals surface area contributed by atoms with Gasteiger partial charge in [0, 0.05) is 37.3 Å². The van der Waals surface area contributed by atoms with Crippen molar-refractivity contribution >= 4 is 12.2 Å². The Labute approximate surface area is 124 Å². The topological polar surface area (TPSA) is 51.9 Å². The molecular formula is C14H13F2N3OS. The van der Waals surface area contributed by atoms with E-state index in [9.17, 15) is 13.6 Å². The van der Waals surface area contributed by atoms with Crippen LogP contribution < -0.4 is 5.56 Å². The Bertz CT molecular complexity index is 800. The predicted octanol–water partition coefficient (Wildman–Crippen LogP) is 2.27. The van der Waals surface area contributed by atoms with Gasteiger partial charge in [0.2, 0.25) is 0 Å². The van der Waals surface area contributed by atoms with Crippen LogP contribution in [0.2, 0.25) is 0 Å². The van der Waals surface area contributed by atoms with Crippen LogP contribution in [0.5, 0.6) is 0 Å². The van der Waals surface area contributed by atoms with Crippen molar-refractivity contribution in [2.24, 2.45) is 0 Å². The number of aromatic nitrogens is 2. The number of rotatable bonds is 2. The van der Waals surface area contributed by atoms with Crippen molar-refractivity contribution in [1.82, 2.24) is 14.9 Å². The average Bonchev–Trinajstić information content (AvgIpc) is 2.43. The van der Waals surface area contributed by atoms with E-state index >= 15 is 0 Å². The van der Waals surface area contributed by atoms with Crippen LogP contribution in [0.3, 0.4) is 0 Å². The Morgan fingerprint density at radius 2 is 2.10 bits per heavy atom. The second kappa shape index (κ2) is 5.50. The van der Waals surface area contributed by atoms with Crippen molar-refractivity contribution < 1.29 is 8.78 Å². The van der Waals surface area contributed by atoms with Gasteiger partial charge in [-0.2, -0.15) is 0 Å². The average molecular weight is 309 g/mol. The van der Waals surface area contributed by atoms with Crippen LogP contribution in [0.1, 0.15) is 16.8 Å². The molecule has 0 bridgehead atoms. The van der Waals surface area contributed by atoms with E-state index in [-0.39, 0.29) is 12.1 Å². The molecule has 3 rings (SSSR count). The summed E-state index contributed by atoms with van der Waals surface area (Å²) in [6, 6.07) is 3.40. The number of nitrogens with one attached hydrogen (secondary N) is 2. The van der Waals surface area contributed by atoms with Gasteiger partial charge in [0.15, 0.2) is 4.77 Å². The van der Waals surface area contributed by atoms with Crippen molar-refractivity contribution in [2.75, 3.05) is 6.54 Å². The molecule has 2 N–H and O–H groups in total. The molecule has 0 aliphatic carbocycles. The highest BCUT2D eigenvalue weighted by atomic mass is 32.1. The molecule has 0 saturated carbocycles. The molecule has 0 atom stereocenters. The molecule has 1 aliphatic rings. The van der Waals surface area contributed by atoms with Crippen molar-refractivity contribution in [3.8, 4) is 0 Å². The highest BCUT2D eigenvalue weighted by Gasteiger charge is 2.20. The third-order valence-corrected chi connectivity index (χ3v) is 3.80. The molecule has 21 heavy (non-hydrogen) atoms. The van der Waals surface area contributed by atoms with Gasteiger partial charge < -0.3 is 4.98 Å². The quantitative estimate of drug-likeness (QED) is 0.837. The minimum absolute atomic E-state index is 0.224. The predicted molar refractivity (Wildman–Crippen MR) is 76.4 cm³/mol. The van der Waals surface area contributed by atoms with Gasteiger partial charge in [0.1, 0.15) is 11.6 Å². The number of aromatic amines is 2. The first-order chi connectivity index (χ1) is 10.0. The van der Waals surface area contributed by atoms with Gasteiger partial charge in [-0.1, -0.05) is 0 Å². The van der Waals surface area contributed by atoms with Gasteiger partial charge in [0.25, 0.3) is 5.56 Å². The lowest BCUT2D eigenvalue weighted by Crippen LogP contribution is -2.35. The van der Waals surface area contributed by atoms with Gasteiger partial charge in [-0.05, 0) is 30.4 Å². The first-order valence-electron chi connectivity index (χ1n) is 6.53. The zero-order valence-corrected chi connectivity index (χ0v) is 11.9. The number of H-pyrrole nitrogens is 2. The molecule has 0 saturated heterocycles. The van der Waals surface area contributed by atoms with E-state index in [1.54, 1.807) is 0 Å². The van der Waals surface area contributed by atoms with E-state index in [1.807, 2.05) is 4.90 Å². The monoisotopic (exact) mass is 309 g/mol. The number of hydrogen-bond acceptors (Lipinski definition) is 3. The lowest BCUT2D eigenvalue weighted by atomic mass is 10.1. The normalized spacial score (nSPS) is 15.0. The Kier molecular flexibility index (Phi) is 3.69. The summed E-state index contributed by atoms with van der Waals surface area (Å²) in [5.74, 6) is -0.908.